The Morgan fingerprint density at radius 3 is 2.23 bits per heavy atom. The van der Waals surface area contributed by atoms with Gasteiger partial charge in [0, 0.05) is 13.1 Å². The van der Waals surface area contributed by atoms with Crippen molar-refractivity contribution in [2.75, 3.05) is 18.4 Å². The van der Waals surface area contributed by atoms with Crippen molar-refractivity contribution in [3.8, 4) is 5.75 Å². The van der Waals surface area contributed by atoms with Crippen LogP contribution >= 0.6 is 0 Å². The number of ether oxygens (including phenoxy) is 1. The minimum absolute atomic E-state index is 0.0306. The maximum atomic E-state index is 12.9. The van der Waals surface area contributed by atoms with Crippen molar-refractivity contribution in [3.63, 3.8) is 0 Å². The van der Waals surface area contributed by atoms with Crippen LogP contribution in [-0.2, 0) is 10.2 Å². The number of benzene rings is 2. The molecule has 3 rings (SSSR count). The van der Waals surface area contributed by atoms with Gasteiger partial charge in [0.25, 0.3) is 11.8 Å². The van der Waals surface area contributed by atoms with Gasteiger partial charge in [-0.25, -0.2) is 0 Å². The number of hydrogen-bond donors (Lipinski definition) is 1. The second-order valence-corrected chi connectivity index (χ2v) is 8.92. The van der Waals surface area contributed by atoms with Crippen molar-refractivity contribution < 1.29 is 14.3 Å². The lowest BCUT2D eigenvalue weighted by atomic mass is 9.87. The molecule has 1 atom stereocenters. The lowest BCUT2D eigenvalue weighted by Crippen LogP contribution is -2.36. The Morgan fingerprint density at radius 1 is 0.967 bits per heavy atom. The molecule has 160 valence electrons. The number of anilines is 1. The van der Waals surface area contributed by atoms with E-state index in [2.05, 4.69) is 26.1 Å². The van der Waals surface area contributed by atoms with Gasteiger partial charge in [-0.2, -0.15) is 0 Å². The van der Waals surface area contributed by atoms with Crippen LogP contribution in [0.3, 0.4) is 0 Å². The number of hydrogen-bond acceptors (Lipinski definition) is 3. The van der Waals surface area contributed by atoms with E-state index in [1.54, 1.807) is 19.1 Å². The smallest absolute Gasteiger partial charge is 0.265 e. The van der Waals surface area contributed by atoms with Gasteiger partial charge in [0.1, 0.15) is 5.75 Å². The first-order valence-corrected chi connectivity index (χ1v) is 10.7. The van der Waals surface area contributed by atoms with Crippen molar-refractivity contribution in [3.05, 3.63) is 59.7 Å². The molecule has 2 aromatic carbocycles. The quantitative estimate of drug-likeness (QED) is 0.756. The van der Waals surface area contributed by atoms with Crippen LogP contribution in [0.1, 0.15) is 62.9 Å². The first-order valence-electron chi connectivity index (χ1n) is 10.7. The fraction of sp³-hybridized carbons (Fsp3) is 0.440. The predicted molar refractivity (Wildman–Crippen MR) is 120 cm³/mol. The van der Waals surface area contributed by atoms with Gasteiger partial charge in [-0.15, -0.1) is 0 Å². The molecule has 30 heavy (non-hydrogen) atoms. The van der Waals surface area contributed by atoms with Crippen LogP contribution in [-0.4, -0.2) is 35.9 Å². The fourth-order valence-electron chi connectivity index (χ4n) is 3.57. The van der Waals surface area contributed by atoms with Gasteiger partial charge in [-0.05, 0) is 61.4 Å². The zero-order valence-corrected chi connectivity index (χ0v) is 18.4. The van der Waals surface area contributed by atoms with Crippen LogP contribution in [0.5, 0.6) is 5.75 Å². The summed E-state index contributed by atoms with van der Waals surface area (Å²) in [7, 11) is 0. The highest BCUT2D eigenvalue weighted by atomic mass is 16.5. The zero-order chi connectivity index (χ0) is 21.7. The maximum absolute atomic E-state index is 12.9. The molecule has 5 nitrogen and oxygen atoms in total. The summed E-state index contributed by atoms with van der Waals surface area (Å²) in [4.78, 5) is 27.5. The number of piperidine rings is 1. The second kappa shape index (κ2) is 9.33. The van der Waals surface area contributed by atoms with Gasteiger partial charge in [-0.3, -0.25) is 9.59 Å². The third-order valence-corrected chi connectivity index (χ3v) is 5.46. The summed E-state index contributed by atoms with van der Waals surface area (Å²) in [5, 5.41) is 2.87. The highest BCUT2D eigenvalue weighted by Crippen LogP contribution is 2.25. The van der Waals surface area contributed by atoms with Crippen molar-refractivity contribution in [2.45, 2.75) is 58.5 Å². The Kier molecular flexibility index (Phi) is 6.80. The molecule has 1 fully saturated rings. The molecule has 0 radical (unpaired) electrons. The molecule has 2 amide bonds. The highest BCUT2D eigenvalue weighted by molar-refractivity contribution is 6.04. The molecule has 0 saturated carbocycles. The molecule has 1 aliphatic heterocycles. The molecule has 1 unspecified atom stereocenters. The average molecular weight is 409 g/mol. The summed E-state index contributed by atoms with van der Waals surface area (Å²) in [6, 6.07) is 15.0. The van der Waals surface area contributed by atoms with E-state index in [1.165, 1.54) is 5.56 Å². The monoisotopic (exact) mass is 408 g/mol. The Morgan fingerprint density at radius 2 is 1.60 bits per heavy atom. The number of nitrogens with zero attached hydrogens (tertiary/aromatic N) is 1. The Hall–Kier alpha value is -2.82. The minimum atomic E-state index is -0.691. The van der Waals surface area contributed by atoms with Crippen LogP contribution < -0.4 is 10.1 Å². The zero-order valence-electron chi connectivity index (χ0n) is 18.4. The van der Waals surface area contributed by atoms with Crippen molar-refractivity contribution >= 4 is 17.5 Å². The number of carbonyl (C=O) groups excluding carboxylic acids is 2. The van der Waals surface area contributed by atoms with E-state index in [9.17, 15) is 9.59 Å². The number of para-hydroxylation sites is 1. The number of nitrogens with one attached hydrogen (secondary N) is 1. The van der Waals surface area contributed by atoms with Crippen molar-refractivity contribution in [1.29, 1.82) is 0 Å². The molecule has 2 aromatic rings. The Labute approximate surface area is 179 Å². The summed E-state index contributed by atoms with van der Waals surface area (Å²) in [6.07, 6.45) is 2.52. The normalized spacial score (nSPS) is 15.4. The molecule has 1 aliphatic rings. The van der Waals surface area contributed by atoms with Crippen LogP contribution in [0.25, 0.3) is 0 Å². The van der Waals surface area contributed by atoms with Crippen LogP contribution in [0, 0.1) is 0 Å². The van der Waals surface area contributed by atoms with E-state index in [0.29, 0.717) is 17.0 Å². The fourth-order valence-corrected chi connectivity index (χ4v) is 3.57. The van der Waals surface area contributed by atoms with E-state index in [0.717, 1.165) is 32.4 Å². The van der Waals surface area contributed by atoms with Gasteiger partial charge in [0.2, 0.25) is 0 Å². The third kappa shape index (κ3) is 5.41. The largest absolute Gasteiger partial charge is 0.481 e. The van der Waals surface area contributed by atoms with Crippen LogP contribution in [0.4, 0.5) is 5.69 Å². The van der Waals surface area contributed by atoms with Crippen LogP contribution in [0.15, 0.2) is 48.5 Å². The van der Waals surface area contributed by atoms with Gasteiger partial charge >= 0.3 is 0 Å². The number of likely N-dealkylation sites (tertiary alicyclic amines) is 1. The highest BCUT2D eigenvalue weighted by Gasteiger charge is 2.23. The average Bonchev–Trinajstić information content (AvgIpc) is 2.74. The molecule has 1 saturated heterocycles. The molecule has 5 heteroatoms. The Bertz CT molecular complexity index is 878. The maximum Gasteiger partial charge on any atom is 0.265 e. The van der Waals surface area contributed by atoms with Crippen LogP contribution in [0.2, 0.25) is 0 Å². The topological polar surface area (TPSA) is 58.6 Å². The van der Waals surface area contributed by atoms with Crippen molar-refractivity contribution in [2.24, 2.45) is 0 Å². The molecule has 1 heterocycles. The molecule has 0 spiro atoms. The van der Waals surface area contributed by atoms with Gasteiger partial charge in [0.15, 0.2) is 6.10 Å². The number of rotatable bonds is 5. The lowest BCUT2D eigenvalue weighted by Gasteiger charge is -2.27. The summed E-state index contributed by atoms with van der Waals surface area (Å²) in [6.45, 7) is 9.71. The first-order chi connectivity index (χ1) is 14.3. The molecule has 1 N–H and O–H groups in total. The first kappa shape index (κ1) is 21.9. The number of carbonyl (C=O) groups is 2. The minimum Gasteiger partial charge on any atom is -0.481 e. The summed E-state index contributed by atoms with van der Waals surface area (Å²) in [5.41, 5.74) is 2.31. The van der Waals surface area contributed by atoms with Gasteiger partial charge in [-0.1, -0.05) is 45.0 Å². The molecule has 0 aromatic heterocycles. The summed E-state index contributed by atoms with van der Waals surface area (Å²) in [5.74, 6) is 0.328. The van der Waals surface area contributed by atoms with Gasteiger partial charge in [0.05, 0.1) is 11.3 Å². The molecule has 0 bridgehead atoms. The summed E-state index contributed by atoms with van der Waals surface area (Å²) >= 11 is 0. The SMILES string of the molecule is CC(Oc1ccc(C(C)(C)C)cc1)C(=O)Nc1ccccc1C(=O)N1CCCCC1. The van der Waals surface area contributed by atoms with Gasteiger partial charge < -0.3 is 15.0 Å². The standard InChI is InChI=1S/C25H32N2O3/c1-18(30-20-14-12-19(13-15-20)25(2,3)4)23(28)26-22-11-7-6-10-21(22)24(29)27-16-8-5-9-17-27/h6-7,10-15,18H,5,8-9,16-17H2,1-4H3,(H,26,28). The van der Waals surface area contributed by atoms with Crippen molar-refractivity contribution in [1.82, 2.24) is 4.90 Å². The van der Waals surface area contributed by atoms with E-state index in [1.807, 2.05) is 41.3 Å². The number of amides is 2. The third-order valence-electron chi connectivity index (χ3n) is 5.46. The molecule has 0 aliphatic carbocycles. The van der Waals surface area contributed by atoms with E-state index in [-0.39, 0.29) is 17.2 Å². The lowest BCUT2D eigenvalue weighted by molar-refractivity contribution is -0.122. The Balaban J connectivity index is 1.66. The molecular weight excluding hydrogens is 376 g/mol. The predicted octanol–water partition coefficient (Wildman–Crippen LogP) is 5.02. The molecular formula is C25H32N2O3. The van der Waals surface area contributed by atoms with E-state index >= 15 is 0 Å². The van der Waals surface area contributed by atoms with E-state index in [4.69, 9.17) is 4.74 Å². The summed E-state index contributed by atoms with van der Waals surface area (Å²) < 4.78 is 5.83. The van der Waals surface area contributed by atoms with E-state index < -0.39 is 6.10 Å². The second-order valence-electron chi connectivity index (χ2n) is 8.92.